The Morgan fingerprint density at radius 1 is 1.13 bits per heavy atom. The zero-order valence-corrected chi connectivity index (χ0v) is 17.4. The molecule has 0 N–H and O–H groups in total. The molecule has 30 heavy (non-hydrogen) atoms. The van der Waals surface area contributed by atoms with Gasteiger partial charge in [-0.3, -0.25) is 4.98 Å². The second kappa shape index (κ2) is 8.07. The molecule has 0 bridgehead atoms. The average molecular weight is 432 g/mol. The van der Waals surface area contributed by atoms with Crippen LogP contribution in [0.3, 0.4) is 0 Å². The lowest BCUT2D eigenvalue weighted by molar-refractivity contribution is 0.384. The van der Waals surface area contributed by atoms with E-state index in [4.69, 9.17) is 4.42 Å². The van der Waals surface area contributed by atoms with Crippen LogP contribution >= 0.6 is 0 Å². The number of piperazine rings is 1. The van der Waals surface area contributed by atoms with Gasteiger partial charge in [0.25, 0.3) is 5.89 Å². The highest BCUT2D eigenvalue weighted by molar-refractivity contribution is 7.89. The van der Waals surface area contributed by atoms with Crippen LogP contribution in [0, 0.1) is 12.7 Å². The summed E-state index contributed by atoms with van der Waals surface area (Å²) in [6, 6.07) is 5.90. The van der Waals surface area contributed by atoms with E-state index >= 15 is 0 Å². The Hall–Kier alpha value is -2.92. The number of anilines is 1. The molecule has 4 rings (SSSR count). The average Bonchev–Trinajstić information content (AvgIpc) is 3.24. The molecule has 158 valence electrons. The molecule has 0 aliphatic carbocycles. The molecule has 1 aliphatic rings. The van der Waals surface area contributed by atoms with Crippen molar-refractivity contribution in [1.82, 2.24) is 24.5 Å². The van der Waals surface area contributed by atoms with Crippen LogP contribution in [0.4, 0.5) is 10.2 Å². The van der Waals surface area contributed by atoms with Gasteiger partial charge in [-0.1, -0.05) is 6.07 Å². The summed E-state index contributed by atoms with van der Waals surface area (Å²) in [6.45, 7) is 5.23. The number of hydrogen-bond donors (Lipinski definition) is 0. The van der Waals surface area contributed by atoms with Gasteiger partial charge in [0, 0.05) is 31.7 Å². The maximum atomic E-state index is 13.5. The van der Waals surface area contributed by atoms with Crippen molar-refractivity contribution in [3.05, 3.63) is 42.0 Å². The minimum absolute atomic E-state index is 0.0896. The Kier molecular flexibility index (Phi) is 5.48. The van der Waals surface area contributed by atoms with Crippen LogP contribution in [0.2, 0.25) is 0 Å². The fraction of sp³-hybridized carbons (Fsp3) is 0.368. The summed E-state index contributed by atoms with van der Waals surface area (Å²) >= 11 is 0. The maximum absolute atomic E-state index is 13.5. The zero-order chi connectivity index (χ0) is 21.3. The van der Waals surface area contributed by atoms with E-state index in [0.717, 1.165) is 0 Å². The van der Waals surface area contributed by atoms with E-state index in [1.165, 1.54) is 16.4 Å². The Labute approximate surface area is 173 Å². The third kappa shape index (κ3) is 4.03. The van der Waals surface area contributed by atoms with Crippen molar-refractivity contribution < 1.29 is 17.2 Å². The highest BCUT2D eigenvalue weighted by Gasteiger charge is 2.27. The Bertz CT molecular complexity index is 1160. The van der Waals surface area contributed by atoms with E-state index in [-0.39, 0.29) is 17.5 Å². The van der Waals surface area contributed by atoms with Gasteiger partial charge in [-0.05, 0) is 32.0 Å². The van der Waals surface area contributed by atoms with Gasteiger partial charge < -0.3 is 9.32 Å². The van der Waals surface area contributed by atoms with Gasteiger partial charge in [0.05, 0.1) is 17.6 Å². The van der Waals surface area contributed by atoms with Crippen molar-refractivity contribution in [2.24, 2.45) is 0 Å². The van der Waals surface area contributed by atoms with Crippen molar-refractivity contribution >= 4 is 15.8 Å². The van der Waals surface area contributed by atoms with Crippen LogP contribution in [0.1, 0.15) is 12.6 Å². The molecule has 0 saturated carbocycles. The Morgan fingerprint density at radius 2 is 1.87 bits per heavy atom. The first-order valence-corrected chi connectivity index (χ1v) is 11.1. The minimum atomic E-state index is -3.20. The number of aromatic nitrogens is 4. The summed E-state index contributed by atoms with van der Waals surface area (Å²) in [7, 11) is -3.20. The number of hydrogen-bond acceptors (Lipinski definition) is 8. The molecule has 1 aromatic carbocycles. The molecule has 2 aromatic heterocycles. The van der Waals surface area contributed by atoms with Gasteiger partial charge in [-0.2, -0.15) is 4.31 Å². The lowest BCUT2D eigenvalue weighted by atomic mass is 10.2. The molecule has 0 atom stereocenters. The monoisotopic (exact) mass is 432 g/mol. The largest absolute Gasteiger partial charge is 0.415 e. The van der Waals surface area contributed by atoms with E-state index in [0.29, 0.717) is 48.9 Å². The van der Waals surface area contributed by atoms with Gasteiger partial charge in [0.1, 0.15) is 11.6 Å². The second-order valence-electron chi connectivity index (χ2n) is 6.87. The summed E-state index contributed by atoms with van der Waals surface area (Å²) in [5.74, 6) is 0.679. The molecule has 1 fully saturated rings. The van der Waals surface area contributed by atoms with Crippen LogP contribution < -0.4 is 4.90 Å². The third-order valence-electron chi connectivity index (χ3n) is 4.96. The second-order valence-corrected chi connectivity index (χ2v) is 9.13. The van der Waals surface area contributed by atoms with E-state index in [1.54, 1.807) is 32.2 Å². The molecule has 0 unspecified atom stereocenters. The van der Waals surface area contributed by atoms with Crippen LogP contribution in [-0.4, -0.2) is 64.8 Å². The maximum Gasteiger partial charge on any atom is 0.268 e. The van der Waals surface area contributed by atoms with Gasteiger partial charge in [0.2, 0.25) is 15.9 Å². The number of benzene rings is 1. The topological polar surface area (TPSA) is 105 Å². The van der Waals surface area contributed by atoms with Crippen molar-refractivity contribution in [3.63, 3.8) is 0 Å². The molecule has 11 heteroatoms. The SMILES string of the molecule is CCS(=O)(=O)N1CCN(c2cnc(C)c(-c3nnc(-c4cccc(F)c4)o3)n2)CC1. The summed E-state index contributed by atoms with van der Waals surface area (Å²) in [5, 5.41) is 8.04. The van der Waals surface area contributed by atoms with Gasteiger partial charge in [-0.15, -0.1) is 10.2 Å². The first kappa shape index (κ1) is 20.4. The molecule has 0 radical (unpaired) electrons. The number of rotatable bonds is 5. The fourth-order valence-electron chi connectivity index (χ4n) is 3.23. The van der Waals surface area contributed by atoms with Gasteiger partial charge in [0.15, 0.2) is 5.69 Å². The first-order chi connectivity index (χ1) is 14.4. The van der Waals surface area contributed by atoms with Crippen molar-refractivity contribution in [2.75, 3.05) is 36.8 Å². The van der Waals surface area contributed by atoms with Crippen molar-refractivity contribution in [3.8, 4) is 23.0 Å². The first-order valence-electron chi connectivity index (χ1n) is 9.53. The summed E-state index contributed by atoms with van der Waals surface area (Å²) < 4.78 is 44.8. The molecular weight excluding hydrogens is 411 g/mol. The molecule has 0 spiro atoms. The molecule has 1 saturated heterocycles. The van der Waals surface area contributed by atoms with E-state index in [9.17, 15) is 12.8 Å². The predicted molar refractivity (Wildman–Crippen MR) is 109 cm³/mol. The Balaban J connectivity index is 1.56. The smallest absolute Gasteiger partial charge is 0.268 e. The quantitative estimate of drug-likeness (QED) is 0.604. The lowest BCUT2D eigenvalue weighted by Crippen LogP contribution is -2.49. The molecule has 3 aromatic rings. The minimum Gasteiger partial charge on any atom is -0.415 e. The van der Waals surface area contributed by atoms with Crippen LogP contribution in [-0.2, 0) is 10.0 Å². The highest BCUT2D eigenvalue weighted by Crippen LogP contribution is 2.26. The molecule has 0 amide bonds. The summed E-state index contributed by atoms with van der Waals surface area (Å²) in [4.78, 5) is 11.0. The van der Waals surface area contributed by atoms with Crippen molar-refractivity contribution in [1.29, 1.82) is 0 Å². The molecule has 3 heterocycles. The number of halogens is 1. The van der Waals surface area contributed by atoms with Gasteiger partial charge >= 0.3 is 0 Å². The normalized spacial score (nSPS) is 15.5. The van der Waals surface area contributed by atoms with Crippen molar-refractivity contribution in [2.45, 2.75) is 13.8 Å². The number of aryl methyl sites for hydroxylation is 1. The lowest BCUT2D eigenvalue weighted by Gasteiger charge is -2.34. The molecule has 9 nitrogen and oxygen atoms in total. The number of sulfonamides is 1. The number of nitrogens with zero attached hydrogens (tertiary/aromatic N) is 6. The van der Waals surface area contributed by atoms with E-state index in [2.05, 4.69) is 20.2 Å². The summed E-state index contributed by atoms with van der Waals surface area (Å²) in [6.07, 6.45) is 1.65. The molecule has 1 aliphatic heterocycles. The Morgan fingerprint density at radius 3 is 2.57 bits per heavy atom. The van der Waals surface area contributed by atoms with Crippen LogP contribution in [0.5, 0.6) is 0 Å². The van der Waals surface area contributed by atoms with E-state index in [1.807, 2.05) is 4.90 Å². The summed E-state index contributed by atoms with van der Waals surface area (Å²) in [5.41, 5.74) is 1.52. The van der Waals surface area contributed by atoms with Crippen LogP contribution in [0.15, 0.2) is 34.9 Å². The zero-order valence-electron chi connectivity index (χ0n) is 16.6. The third-order valence-corrected chi connectivity index (χ3v) is 6.84. The highest BCUT2D eigenvalue weighted by atomic mass is 32.2. The van der Waals surface area contributed by atoms with E-state index < -0.39 is 15.8 Å². The van der Waals surface area contributed by atoms with Crippen LogP contribution in [0.25, 0.3) is 23.0 Å². The standard InChI is InChI=1S/C19H21FN6O3S/c1-3-30(27,28)26-9-7-25(8-10-26)16-12-21-13(2)17(22-16)19-24-23-18(29-19)14-5-4-6-15(20)11-14/h4-6,11-12H,3,7-10H2,1-2H3. The fourth-order valence-corrected chi connectivity index (χ4v) is 4.31. The molecular formula is C19H21FN6O3S. The predicted octanol–water partition coefficient (Wildman–Crippen LogP) is 2.11. The van der Waals surface area contributed by atoms with Gasteiger partial charge in [-0.25, -0.2) is 17.8 Å².